The molecule has 12 rings (SSSR count). The Morgan fingerprint density at radius 1 is 0.217 bits per heavy atom. The number of aromatic nitrogens is 2. The summed E-state index contributed by atoms with van der Waals surface area (Å²) in [5.41, 5.74) is 18.6. The SMILES string of the molecule is CC(C)(C)c1ccc(C(c2ccccc2)(c2ccc(OCCOCCOc3ccc(C[n+]4ccc(-c5cc[n+](Cc6ccc(OCCOCCOc7ccc(C(c8ccccc8)(c8ccc(C(C)(C)C)cc8)c8ccc(C(C)(C)C)cc8)cc7)cc6)cc5)cc4)cc3)cc2)c2ccc(C(C)(C)C)cc2)cc1.F[P-](F)(F)(F)(F)F.F[P-](F)(F)(F)(F)F. The molecule has 8 nitrogen and oxygen atoms in total. The van der Waals surface area contributed by atoms with Crippen LogP contribution in [0.1, 0.15) is 161 Å². The number of hydrogen-bond acceptors (Lipinski definition) is 6. The zero-order valence-corrected chi connectivity index (χ0v) is 71.5. The Kier molecular flexibility index (Phi) is 27.4. The Hall–Kier alpha value is -10.4. The molecule has 0 N–H and O–H groups in total. The van der Waals surface area contributed by atoms with Crippen LogP contribution in [0.4, 0.5) is 50.4 Å². The van der Waals surface area contributed by atoms with Gasteiger partial charge in [0, 0.05) is 35.4 Å². The second-order valence-corrected chi connectivity index (χ2v) is 37.8. The van der Waals surface area contributed by atoms with Gasteiger partial charge in [0.25, 0.3) is 0 Å². The molecule has 0 atom stereocenters. The van der Waals surface area contributed by atoms with Gasteiger partial charge in [-0.3, -0.25) is 0 Å². The second-order valence-electron chi connectivity index (χ2n) is 33.9. The van der Waals surface area contributed by atoms with Crippen molar-refractivity contribution in [2.24, 2.45) is 0 Å². The predicted octanol–water partition coefficient (Wildman–Crippen LogP) is 27.7. The predicted molar refractivity (Wildman–Crippen MR) is 458 cm³/mol. The standard InChI is InChI=1S/C98H106N2O6.2F6P/c1-93(2,3)77-27-35-83(36-28-77)97(81-19-15-13-16-20-81,84-37-29-78(30-38-84)94(4,5)6)87-43-51-91(52-44-87)105-69-65-101-63-67-103-89-47-23-73(24-48-89)71-99-59-55-75(56-60-99)76-57-61-100(62-58-76)72-74-25-49-90(50-26-74)104-68-64-102-66-70-106-92-53-45-88(46-54-92)98(82-21-17-14-18-22-82,85-39-31-79(32-40-85)95(7,8)9)86-41-33-80(34-42-86)96(10,11)12;2*1-7(2,3,4,5)6/h13-62H,63-72H2,1-12H3;;/q+2;2*-1. The summed E-state index contributed by atoms with van der Waals surface area (Å²) in [5.74, 6) is 3.23. The first kappa shape index (κ1) is 91.9. The van der Waals surface area contributed by atoms with Crippen LogP contribution in [0, 0.1) is 0 Å². The zero-order chi connectivity index (χ0) is 87.2. The first-order chi connectivity index (χ1) is 55.9. The van der Waals surface area contributed by atoms with Gasteiger partial charge < -0.3 is 28.4 Å². The molecule has 12 aromatic rings. The summed E-state index contributed by atoms with van der Waals surface area (Å²) in [5, 5.41) is 0. The summed E-state index contributed by atoms with van der Waals surface area (Å²) in [6.07, 6.45) is 8.55. The molecule has 0 radical (unpaired) electrons. The number of halogens is 12. The van der Waals surface area contributed by atoms with E-state index in [-0.39, 0.29) is 21.7 Å². The van der Waals surface area contributed by atoms with Crippen molar-refractivity contribution in [3.63, 3.8) is 0 Å². The summed E-state index contributed by atoms with van der Waals surface area (Å²) >= 11 is 0. The van der Waals surface area contributed by atoms with Crippen LogP contribution >= 0.6 is 15.6 Å². The van der Waals surface area contributed by atoms with Gasteiger partial charge in [-0.2, -0.15) is 0 Å². The Bertz CT molecular complexity index is 4780. The fourth-order valence-electron chi connectivity index (χ4n) is 14.3. The molecule has 0 spiro atoms. The van der Waals surface area contributed by atoms with Gasteiger partial charge in [0.15, 0.2) is 37.9 Å². The van der Waals surface area contributed by atoms with E-state index in [1.165, 1.54) is 77.9 Å². The van der Waals surface area contributed by atoms with Gasteiger partial charge in [0.1, 0.15) is 49.4 Å². The number of ether oxygens (including phenoxy) is 6. The van der Waals surface area contributed by atoms with Crippen LogP contribution < -0.4 is 28.1 Å². The molecule has 2 heterocycles. The normalized spacial score (nSPS) is 13.5. The molecule has 0 bridgehead atoms. The molecule has 120 heavy (non-hydrogen) atoms. The van der Waals surface area contributed by atoms with Crippen LogP contribution in [0.3, 0.4) is 0 Å². The van der Waals surface area contributed by atoms with Crippen LogP contribution in [-0.2, 0) is 55.1 Å². The quantitative estimate of drug-likeness (QED) is 0.0153. The van der Waals surface area contributed by atoms with Crippen molar-refractivity contribution in [1.82, 2.24) is 0 Å². The van der Waals surface area contributed by atoms with E-state index in [0.29, 0.717) is 52.9 Å². The Morgan fingerprint density at radius 3 is 0.592 bits per heavy atom. The Labute approximate surface area is 697 Å². The van der Waals surface area contributed by atoms with Crippen molar-refractivity contribution in [2.45, 2.75) is 129 Å². The van der Waals surface area contributed by atoms with E-state index >= 15 is 0 Å². The first-order valence-corrected chi connectivity index (χ1v) is 43.7. The Morgan fingerprint density at radius 2 is 0.392 bits per heavy atom. The molecule has 638 valence electrons. The van der Waals surface area contributed by atoms with Crippen molar-refractivity contribution in [1.29, 1.82) is 0 Å². The van der Waals surface area contributed by atoms with E-state index in [4.69, 9.17) is 28.4 Å². The molecule has 0 fully saturated rings. The van der Waals surface area contributed by atoms with E-state index < -0.39 is 26.4 Å². The molecule has 0 aliphatic carbocycles. The van der Waals surface area contributed by atoms with Gasteiger partial charge >= 0.3 is 66.0 Å². The van der Waals surface area contributed by atoms with E-state index in [2.05, 4.69) is 372 Å². The van der Waals surface area contributed by atoms with Crippen molar-refractivity contribution in [3.05, 3.63) is 382 Å². The van der Waals surface area contributed by atoms with Gasteiger partial charge in [-0.1, -0.05) is 265 Å². The number of rotatable bonds is 29. The fraction of sp³-hybridized carbons (Fsp3) is 0.286. The van der Waals surface area contributed by atoms with Crippen LogP contribution in [0.5, 0.6) is 23.0 Å². The monoisotopic (exact) mass is 1700 g/mol. The fourth-order valence-corrected chi connectivity index (χ4v) is 14.3. The summed E-state index contributed by atoms with van der Waals surface area (Å²) < 4.78 is 159. The third kappa shape index (κ3) is 27.9. The molecular weight excluding hydrogens is 1590 g/mol. The summed E-state index contributed by atoms with van der Waals surface area (Å²) in [7, 11) is -21.3. The number of nitrogens with zero attached hydrogens (tertiary/aromatic N) is 2. The maximum absolute atomic E-state index is 10.7. The van der Waals surface area contributed by atoms with E-state index in [0.717, 1.165) is 47.2 Å². The van der Waals surface area contributed by atoms with Crippen molar-refractivity contribution in [3.8, 4) is 34.1 Å². The van der Waals surface area contributed by atoms with E-state index in [9.17, 15) is 50.4 Å². The topological polar surface area (TPSA) is 63.1 Å². The van der Waals surface area contributed by atoms with E-state index in [1.807, 2.05) is 24.3 Å². The average molecular weight is 1700 g/mol. The zero-order valence-electron chi connectivity index (χ0n) is 69.7. The van der Waals surface area contributed by atoms with Crippen molar-refractivity contribution in [2.75, 3.05) is 52.9 Å². The molecular formula is C98H106F12N2O6P2. The molecule has 10 aromatic carbocycles. The van der Waals surface area contributed by atoms with Gasteiger partial charge in [-0.05, 0) is 172 Å². The maximum atomic E-state index is 9.87. The minimum absolute atomic E-state index is 0.0403. The molecule has 0 saturated heterocycles. The molecule has 0 aliphatic heterocycles. The molecule has 0 amide bonds. The molecule has 22 heteroatoms. The molecule has 0 unspecified atom stereocenters. The van der Waals surface area contributed by atoms with Crippen LogP contribution in [0.25, 0.3) is 11.1 Å². The molecule has 0 aliphatic rings. The third-order valence-corrected chi connectivity index (χ3v) is 20.4. The van der Waals surface area contributed by atoms with Gasteiger partial charge in [0.2, 0.25) is 0 Å². The van der Waals surface area contributed by atoms with Crippen LogP contribution in [-0.4, -0.2) is 52.9 Å². The summed E-state index contributed by atoms with van der Waals surface area (Å²) in [6, 6.07) is 101. The average Bonchev–Trinajstić information content (AvgIpc) is 0.733. The van der Waals surface area contributed by atoms with Gasteiger partial charge in [-0.25, -0.2) is 9.13 Å². The minimum atomic E-state index is -10.7. The van der Waals surface area contributed by atoms with Gasteiger partial charge in [0.05, 0.1) is 37.3 Å². The van der Waals surface area contributed by atoms with E-state index in [1.54, 1.807) is 0 Å². The molecule has 0 saturated carbocycles. The van der Waals surface area contributed by atoms with Gasteiger partial charge in [-0.15, -0.1) is 0 Å². The number of hydrogen-bond donors (Lipinski definition) is 0. The molecule has 2 aromatic heterocycles. The van der Waals surface area contributed by atoms with Crippen molar-refractivity contribution < 1.29 is 87.9 Å². The van der Waals surface area contributed by atoms with Crippen molar-refractivity contribution >= 4 is 15.6 Å². The van der Waals surface area contributed by atoms with Crippen LogP contribution in [0.2, 0.25) is 0 Å². The number of pyridine rings is 2. The second kappa shape index (κ2) is 35.8. The first-order valence-electron chi connectivity index (χ1n) is 39.7. The summed E-state index contributed by atoms with van der Waals surface area (Å²) in [6.45, 7) is 32.3. The number of benzene rings is 10. The third-order valence-electron chi connectivity index (χ3n) is 20.4. The van der Waals surface area contributed by atoms with Crippen LogP contribution in [0.15, 0.2) is 304 Å². The summed E-state index contributed by atoms with van der Waals surface area (Å²) in [4.78, 5) is 0. The Balaban J connectivity index is 0.000000993.